The first kappa shape index (κ1) is 12.4. The van der Waals surface area contributed by atoms with E-state index in [1.165, 1.54) is 12.3 Å². The number of halogens is 1. The smallest absolute Gasteiger partial charge is 0.287 e. The van der Waals surface area contributed by atoms with Gasteiger partial charge >= 0.3 is 0 Å². The van der Waals surface area contributed by atoms with Crippen LogP contribution in [0.3, 0.4) is 0 Å². The van der Waals surface area contributed by atoms with Gasteiger partial charge in [0.05, 0.1) is 9.40 Å². The average molecular weight is 309 g/mol. The molecule has 18 heavy (non-hydrogen) atoms. The van der Waals surface area contributed by atoms with Crippen molar-refractivity contribution in [2.45, 2.75) is 0 Å². The summed E-state index contributed by atoms with van der Waals surface area (Å²) in [5, 5.41) is 10.5. The van der Waals surface area contributed by atoms with Crippen molar-refractivity contribution in [1.29, 1.82) is 0 Å². The van der Waals surface area contributed by atoms with Crippen LogP contribution in [0, 0.1) is 10.1 Å². The Bertz CT molecular complexity index is 574. The van der Waals surface area contributed by atoms with Crippen LogP contribution in [0.15, 0.2) is 41.1 Å². The molecule has 2 rings (SSSR count). The zero-order valence-corrected chi connectivity index (χ0v) is 11.0. The van der Waals surface area contributed by atoms with Gasteiger partial charge in [-0.15, -0.1) is 0 Å². The molecule has 0 saturated heterocycles. The van der Waals surface area contributed by atoms with Gasteiger partial charge in [0.15, 0.2) is 0 Å². The number of nitrogens with zero attached hydrogens (tertiary/aromatic N) is 4. The Balaban J connectivity index is 2.32. The molecular formula is C11H9BrN4O2. The second kappa shape index (κ2) is 5.09. The Morgan fingerprint density at radius 2 is 2.11 bits per heavy atom. The fourth-order valence-electron chi connectivity index (χ4n) is 1.42. The lowest BCUT2D eigenvalue weighted by atomic mass is 10.4. The monoisotopic (exact) mass is 308 g/mol. The minimum absolute atomic E-state index is 0.0350. The Hall–Kier alpha value is -2.02. The van der Waals surface area contributed by atoms with Gasteiger partial charge in [-0.05, 0) is 34.1 Å². The molecule has 2 heterocycles. The third-order valence-corrected chi connectivity index (χ3v) is 2.96. The molecule has 0 spiro atoms. The van der Waals surface area contributed by atoms with E-state index in [1.807, 2.05) is 12.1 Å². The van der Waals surface area contributed by atoms with E-state index < -0.39 is 4.92 Å². The highest BCUT2D eigenvalue weighted by Crippen LogP contribution is 2.27. The summed E-state index contributed by atoms with van der Waals surface area (Å²) in [5.74, 6) is 1.28. The van der Waals surface area contributed by atoms with Crippen LogP contribution < -0.4 is 4.90 Å². The van der Waals surface area contributed by atoms with Gasteiger partial charge < -0.3 is 4.90 Å². The number of pyridine rings is 2. The van der Waals surface area contributed by atoms with Crippen LogP contribution >= 0.6 is 15.9 Å². The minimum Gasteiger partial charge on any atom is -0.313 e. The lowest BCUT2D eigenvalue weighted by Crippen LogP contribution is -2.13. The van der Waals surface area contributed by atoms with E-state index >= 15 is 0 Å². The van der Waals surface area contributed by atoms with Crippen molar-refractivity contribution < 1.29 is 4.92 Å². The molecule has 2 aromatic rings. The highest BCUT2D eigenvalue weighted by molar-refractivity contribution is 9.10. The Labute approximate surface area is 112 Å². The molecule has 0 aromatic carbocycles. The summed E-state index contributed by atoms with van der Waals surface area (Å²) >= 11 is 3.39. The standard InChI is InChI=1S/C11H9BrN4O2/c1-15(11-9(12)3-2-6-13-11)10-5-4-8(7-14-10)16(17)18/h2-7H,1H3. The zero-order chi connectivity index (χ0) is 13.1. The number of aromatic nitrogens is 2. The highest BCUT2D eigenvalue weighted by Gasteiger charge is 2.12. The molecule has 0 aliphatic rings. The Kier molecular flexibility index (Phi) is 3.52. The summed E-state index contributed by atoms with van der Waals surface area (Å²) in [7, 11) is 1.79. The molecule has 0 unspecified atom stereocenters. The Morgan fingerprint density at radius 3 is 2.67 bits per heavy atom. The van der Waals surface area contributed by atoms with E-state index in [2.05, 4.69) is 25.9 Å². The van der Waals surface area contributed by atoms with Crippen LogP contribution in [0.25, 0.3) is 0 Å². The fourth-order valence-corrected chi connectivity index (χ4v) is 1.94. The van der Waals surface area contributed by atoms with Gasteiger partial charge in [-0.25, -0.2) is 9.97 Å². The number of anilines is 2. The summed E-state index contributed by atoms with van der Waals surface area (Å²) in [5.41, 5.74) is -0.0350. The van der Waals surface area contributed by atoms with Crippen LogP contribution in [0.4, 0.5) is 17.3 Å². The molecule has 0 fully saturated rings. The maximum atomic E-state index is 10.5. The van der Waals surface area contributed by atoms with E-state index in [0.717, 1.165) is 4.47 Å². The number of rotatable bonds is 3. The van der Waals surface area contributed by atoms with Crippen LogP contribution in [-0.2, 0) is 0 Å². The van der Waals surface area contributed by atoms with Gasteiger partial charge in [0.25, 0.3) is 5.69 Å². The van der Waals surface area contributed by atoms with E-state index in [4.69, 9.17) is 0 Å². The van der Waals surface area contributed by atoms with Gasteiger partial charge in [0.2, 0.25) is 0 Å². The van der Waals surface area contributed by atoms with E-state index in [0.29, 0.717) is 11.6 Å². The first-order valence-electron chi connectivity index (χ1n) is 5.04. The third-order valence-electron chi connectivity index (χ3n) is 2.34. The second-order valence-corrected chi connectivity index (χ2v) is 4.35. The van der Waals surface area contributed by atoms with Gasteiger partial charge in [-0.2, -0.15) is 0 Å². The van der Waals surface area contributed by atoms with Gasteiger partial charge in [0, 0.05) is 19.3 Å². The maximum absolute atomic E-state index is 10.5. The molecule has 0 atom stereocenters. The predicted octanol–water partition coefficient (Wildman–Crippen LogP) is 2.92. The van der Waals surface area contributed by atoms with Gasteiger partial charge in [-0.3, -0.25) is 10.1 Å². The summed E-state index contributed by atoms with van der Waals surface area (Å²) < 4.78 is 0.827. The normalized spacial score (nSPS) is 10.1. The zero-order valence-electron chi connectivity index (χ0n) is 9.45. The fraction of sp³-hybridized carbons (Fsp3) is 0.0909. The van der Waals surface area contributed by atoms with Crippen LogP contribution in [-0.4, -0.2) is 21.9 Å². The van der Waals surface area contributed by atoms with Crippen molar-refractivity contribution >= 4 is 33.3 Å². The molecule has 0 bridgehead atoms. The highest BCUT2D eigenvalue weighted by atomic mass is 79.9. The van der Waals surface area contributed by atoms with Gasteiger partial charge in [-0.1, -0.05) is 0 Å². The maximum Gasteiger partial charge on any atom is 0.287 e. The number of nitro groups is 1. The molecule has 92 valence electrons. The third kappa shape index (κ3) is 2.45. The molecule has 0 aliphatic carbocycles. The quantitative estimate of drug-likeness (QED) is 0.644. The molecule has 7 heteroatoms. The van der Waals surface area contributed by atoms with Crippen molar-refractivity contribution in [3.63, 3.8) is 0 Å². The van der Waals surface area contributed by atoms with E-state index in [-0.39, 0.29) is 5.69 Å². The molecule has 0 radical (unpaired) electrons. The molecule has 0 saturated carbocycles. The second-order valence-electron chi connectivity index (χ2n) is 3.50. The van der Waals surface area contributed by atoms with Crippen molar-refractivity contribution in [2.75, 3.05) is 11.9 Å². The summed E-state index contributed by atoms with van der Waals surface area (Å²) in [4.78, 5) is 20.1. The number of hydrogen-bond acceptors (Lipinski definition) is 5. The van der Waals surface area contributed by atoms with Crippen molar-refractivity contribution in [2.24, 2.45) is 0 Å². The molecular weight excluding hydrogens is 300 g/mol. The summed E-state index contributed by atoms with van der Waals surface area (Å²) in [6, 6.07) is 6.67. The number of hydrogen-bond donors (Lipinski definition) is 0. The SMILES string of the molecule is CN(c1ccc([N+](=O)[O-])cn1)c1ncccc1Br. The van der Waals surface area contributed by atoms with E-state index in [9.17, 15) is 10.1 Å². The van der Waals surface area contributed by atoms with Crippen molar-refractivity contribution in [1.82, 2.24) is 9.97 Å². The summed E-state index contributed by atoms with van der Waals surface area (Å²) in [6.45, 7) is 0. The largest absolute Gasteiger partial charge is 0.313 e. The minimum atomic E-state index is -0.479. The van der Waals surface area contributed by atoms with Crippen LogP contribution in [0.1, 0.15) is 0 Å². The Morgan fingerprint density at radius 1 is 1.33 bits per heavy atom. The predicted molar refractivity (Wildman–Crippen MR) is 70.9 cm³/mol. The molecule has 2 aromatic heterocycles. The lowest BCUT2D eigenvalue weighted by molar-refractivity contribution is -0.385. The van der Waals surface area contributed by atoms with Crippen molar-refractivity contribution in [3.8, 4) is 0 Å². The summed E-state index contributed by atoms with van der Waals surface area (Å²) in [6.07, 6.45) is 2.89. The van der Waals surface area contributed by atoms with Crippen molar-refractivity contribution in [3.05, 3.63) is 51.2 Å². The van der Waals surface area contributed by atoms with Crippen LogP contribution in [0.5, 0.6) is 0 Å². The first-order chi connectivity index (χ1) is 8.59. The first-order valence-corrected chi connectivity index (χ1v) is 5.83. The van der Waals surface area contributed by atoms with E-state index in [1.54, 1.807) is 24.2 Å². The average Bonchev–Trinajstić information content (AvgIpc) is 2.38. The van der Waals surface area contributed by atoms with Gasteiger partial charge in [0.1, 0.15) is 17.8 Å². The van der Waals surface area contributed by atoms with Crippen LogP contribution in [0.2, 0.25) is 0 Å². The molecule has 0 aliphatic heterocycles. The molecule has 0 N–H and O–H groups in total. The topological polar surface area (TPSA) is 72.2 Å². The molecule has 6 nitrogen and oxygen atoms in total. The lowest BCUT2D eigenvalue weighted by Gasteiger charge is -2.17. The molecule has 0 amide bonds.